The third-order valence-electron chi connectivity index (χ3n) is 5.30. The van der Waals surface area contributed by atoms with E-state index in [4.69, 9.17) is 10.8 Å². The minimum atomic E-state index is -1.08. The number of amides is 3. The molecule has 33 heavy (non-hydrogen) atoms. The smallest absolute Gasteiger partial charge is 0.326 e. The Labute approximate surface area is 202 Å². The lowest BCUT2D eigenvalue weighted by Crippen LogP contribution is -2.57. The molecule has 0 aromatic rings. The van der Waals surface area contributed by atoms with E-state index >= 15 is 0 Å². The van der Waals surface area contributed by atoms with Crippen molar-refractivity contribution in [3.05, 3.63) is 0 Å². The first-order valence-electron chi connectivity index (χ1n) is 10.7. The number of thioether (sulfide) groups is 2. The maximum absolute atomic E-state index is 13.1. The summed E-state index contributed by atoms with van der Waals surface area (Å²) < 4.78 is 0. The zero-order valence-electron chi connectivity index (χ0n) is 19.0. The van der Waals surface area contributed by atoms with Gasteiger partial charge in [0.25, 0.3) is 0 Å². The fraction of sp³-hybridized carbons (Fsp3) is 0.750. The van der Waals surface area contributed by atoms with Gasteiger partial charge in [-0.1, -0.05) is 0 Å². The van der Waals surface area contributed by atoms with Crippen molar-refractivity contribution in [1.29, 1.82) is 0 Å². The van der Waals surface area contributed by atoms with E-state index in [2.05, 4.69) is 10.6 Å². The van der Waals surface area contributed by atoms with Crippen LogP contribution in [-0.4, -0.2) is 99.5 Å². The summed E-state index contributed by atoms with van der Waals surface area (Å²) in [5.74, 6) is -2.68. The third-order valence-corrected chi connectivity index (χ3v) is 6.58. The highest BCUT2D eigenvalue weighted by Crippen LogP contribution is 2.20. The van der Waals surface area contributed by atoms with Crippen LogP contribution in [0.15, 0.2) is 0 Å². The van der Waals surface area contributed by atoms with Crippen molar-refractivity contribution < 1.29 is 34.2 Å². The SMILES string of the molecule is CSCCC(NC(=O)C(N)CCC(=O)O)C(=O)NC(CCSC)C(=O)N1CCCC1C(=O)O. The molecule has 13 heteroatoms. The maximum atomic E-state index is 13.1. The van der Waals surface area contributed by atoms with Gasteiger partial charge in [0.2, 0.25) is 17.7 Å². The number of rotatable bonds is 15. The first-order valence-corrected chi connectivity index (χ1v) is 13.5. The normalized spacial score (nSPS) is 18.3. The number of nitrogens with one attached hydrogen (secondary N) is 2. The number of carboxylic acid groups (broad SMARTS) is 2. The van der Waals surface area contributed by atoms with Crippen LogP contribution in [0.25, 0.3) is 0 Å². The lowest BCUT2D eigenvalue weighted by molar-refractivity contribution is -0.149. The molecular formula is C20H34N4O7S2. The van der Waals surface area contributed by atoms with Gasteiger partial charge >= 0.3 is 11.9 Å². The van der Waals surface area contributed by atoms with Crippen molar-refractivity contribution in [2.24, 2.45) is 5.73 Å². The van der Waals surface area contributed by atoms with Crippen LogP contribution in [0.1, 0.15) is 38.5 Å². The molecule has 11 nitrogen and oxygen atoms in total. The quantitative estimate of drug-likeness (QED) is 0.198. The molecule has 1 rings (SSSR count). The van der Waals surface area contributed by atoms with Gasteiger partial charge in [0.1, 0.15) is 18.1 Å². The van der Waals surface area contributed by atoms with Crippen molar-refractivity contribution in [3.8, 4) is 0 Å². The summed E-state index contributed by atoms with van der Waals surface area (Å²) in [6, 6.07) is -3.87. The number of hydrogen-bond acceptors (Lipinski definition) is 8. The van der Waals surface area contributed by atoms with Gasteiger partial charge in [-0.3, -0.25) is 19.2 Å². The Balaban J connectivity index is 2.91. The zero-order valence-corrected chi connectivity index (χ0v) is 20.6. The van der Waals surface area contributed by atoms with Crippen molar-refractivity contribution in [1.82, 2.24) is 15.5 Å². The second-order valence-electron chi connectivity index (χ2n) is 7.75. The molecule has 1 aliphatic heterocycles. The highest BCUT2D eigenvalue weighted by atomic mass is 32.2. The molecule has 0 spiro atoms. The van der Waals surface area contributed by atoms with Gasteiger partial charge in [-0.05, 0) is 56.1 Å². The molecule has 0 aromatic heterocycles. The summed E-state index contributed by atoms with van der Waals surface area (Å²) in [6.07, 6.45) is 4.90. The van der Waals surface area contributed by atoms with E-state index in [0.717, 1.165) is 0 Å². The first kappa shape index (κ1) is 29.0. The molecule has 3 amide bonds. The Bertz CT molecular complexity index is 710. The zero-order chi connectivity index (χ0) is 25.0. The summed E-state index contributed by atoms with van der Waals surface area (Å²) in [5, 5.41) is 23.4. The van der Waals surface area contributed by atoms with Crippen LogP contribution in [0.4, 0.5) is 0 Å². The molecule has 0 bridgehead atoms. The summed E-state index contributed by atoms with van der Waals surface area (Å²) in [6.45, 7) is 0.312. The number of nitrogens with zero attached hydrogens (tertiary/aromatic N) is 1. The number of nitrogens with two attached hydrogens (primary N) is 1. The Kier molecular flexibility index (Phi) is 13.2. The van der Waals surface area contributed by atoms with E-state index in [1.807, 2.05) is 12.5 Å². The van der Waals surface area contributed by atoms with E-state index in [1.165, 1.54) is 28.4 Å². The second kappa shape index (κ2) is 15.0. The predicted molar refractivity (Wildman–Crippen MR) is 127 cm³/mol. The molecule has 1 heterocycles. The molecule has 0 radical (unpaired) electrons. The maximum Gasteiger partial charge on any atom is 0.326 e. The first-order chi connectivity index (χ1) is 15.6. The molecule has 1 saturated heterocycles. The van der Waals surface area contributed by atoms with Crippen LogP contribution in [0, 0.1) is 0 Å². The summed E-state index contributed by atoms with van der Waals surface area (Å²) >= 11 is 2.97. The van der Waals surface area contributed by atoms with Crippen LogP contribution < -0.4 is 16.4 Å². The molecule has 4 atom stereocenters. The highest BCUT2D eigenvalue weighted by molar-refractivity contribution is 7.98. The van der Waals surface area contributed by atoms with Crippen LogP contribution in [-0.2, 0) is 24.0 Å². The average Bonchev–Trinajstić information content (AvgIpc) is 3.27. The van der Waals surface area contributed by atoms with Gasteiger partial charge in [0, 0.05) is 13.0 Å². The Morgan fingerprint density at radius 3 is 2.09 bits per heavy atom. The number of aliphatic carboxylic acids is 2. The number of hydrogen-bond donors (Lipinski definition) is 5. The molecule has 0 saturated carbocycles. The van der Waals surface area contributed by atoms with Crippen LogP contribution >= 0.6 is 23.5 Å². The van der Waals surface area contributed by atoms with Gasteiger partial charge in [-0.25, -0.2) is 4.79 Å². The lowest BCUT2D eigenvalue weighted by atomic mass is 10.1. The molecule has 1 fully saturated rings. The number of carboxylic acids is 2. The molecule has 0 aromatic carbocycles. The monoisotopic (exact) mass is 506 g/mol. The van der Waals surface area contributed by atoms with Crippen molar-refractivity contribution in [2.45, 2.75) is 62.7 Å². The Morgan fingerprint density at radius 2 is 1.55 bits per heavy atom. The minimum Gasteiger partial charge on any atom is -0.481 e. The lowest BCUT2D eigenvalue weighted by Gasteiger charge is -2.29. The Morgan fingerprint density at radius 1 is 0.970 bits per heavy atom. The van der Waals surface area contributed by atoms with E-state index in [-0.39, 0.29) is 19.3 Å². The van der Waals surface area contributed by atoms with Gasteiger partial charge in [-0.15, -0.1) is 0 Å². The van der Waals surface area contributed by atoms with Gasteiger partial charge in [-0.2, -0.15) is 23.5 Å². The fourth-order valence-corrected chi connectivity index (χ4v) is 4.39. The highest BCUT2D eigenvalue weighted by Gasteiger charge is 2.38. The second-order valence-corrected chi connectivity index (χ2v) is 9.72. The average molecular weight is 507 g/mol. The molecular weight excluding hydrogens is 472 g/mol. The van der Waals surface area contributed by atoms with E-state index in [9.17, 15) is 29.1 Å². The largest absolute Gasteiger partial charge is 0.481 e. The Hall–Kier alpha value is -1.99. The standard InChI is InChI=1S/C20H34N4O7S2/c1-32-10-7-13(22-17(27)12(21)5-6-16(25)26)18(28)23-14(8-11-33-2)19(29)24-9-3-4-15(24)20(30)31/h12-15H,3-11,21H2,1-2H3,(H,22,27)(H,23,28)(H,25,26)(H,30,31). The number of carbonyl (C=O) groups excluding carboxylic acids is 3. The predicted octanol–water partition coefficient (Wildman–Crippen LogP) is -0.270. The number of likely N-dealkylation sites (tertiary alicyclic amines) is 1. The molecule has 1 aliphatic rings. The molecule has 188 valence electrons. The topological polar surface area (TPSA) is 179 Å². The molecule has 0 aliphatic carbocycles. The summed E-state index contributed by atoms with van der Waals surface area (Å²) in [7, 11) is 0. The molecule has 4 unspecified atom stereocenters. The van der Waals surface area contributed by atoms with Gasteiger partial charge in [0.15, 0.2) is 0 Å². The fourth-order valence-electron chi connectivity index (χ4n) is 3.45. The van der Waals surface area contributed by atoms with Crippen LogP contribution in [0.3, 0.4) is 0 Å². The van der Waals surface area contributed by atoms with Crippen molar-refractivity contribution in [3.63, 3.8) is 0 Å². The minimum absolute atomic E-state index is 0.0710. The van der Waals surface area contributed by atoms with Gasteiger partial charge in [0.05, 0.1) is 6.04 Å². The third kappa shape index (κ3) is 9.80. The van der Waals surface area contributed by atoms with E-state index < -0.39 is 53.8 Å². The summed E-state index contributed by atoms with van der Waals surface area (Å²) in [4.78, 5) is 62.0. The van der Waals surface area contributed by atoms with Gasteiger partial charge < -0.3 is 31.5 Å². The van der Waals surface area contributed by atoms with Crippen LogP contribution in [0.2, 0.25) is 0 Å². The van der Waals surface area contributed by atoms with Crippen molar-refractivity contribution >= 4 is 53.2 Å². The van der Waals surface area contributed by atoms with E-state index in [0.29, 0.717) is 37.3 Å². The van der Waals surface area contributed by atoms with E-state index in [1.54, 1.807) is 0 Å². The summed E-state index contributed by atoms with van der Waals surface area (Å²) in [5.41, 5.74) is 5.75. The molecule has 6 N–H and O–H groups in total. The number of carbonyl (C=O) groups is 5. The van der Waals surface area contributed by atoms with Crippen molar-refractivity contribution in [2.75, 3.05) is 30.6 Å². The van der Waals surface area contributed by atoms with Crippen LogP contribution in [0.5, 0.6) is 0 Å².